The van der Waals surface area contributed by atoms with Gasteiger partial charge in [0.15, 0.2) is 0 Å². The summed E-state index contributed by atoms with van der Waals surface area (Å²) in [5, 5.41) is 0.452. The Kier molecular flexibility index (Phi) is 4.55. The topological polar surface area (TPSA) is 46.2 Å². The number of hydrogen-bond donors (Lipinski definition) is 1. The molecule has 0 atom stereocenters. The SMILES string of the molecule is O=S(=O)(Nc1cc(Cl)ccc1Br)c1ccccc1Br. The Morgan fingerprint density at radius 3 is 2.37 bits per heavy atom. The molecule has 2 rings (SSSR count). The molecule has 100 valence electrons. The van der Waals surface area contributed by atoms with Crippen molar-refractivity contribution in [3.8, 4) is 0 Å². The van der Waals surface area contributed by atoms with Gasteiger partial charge in [0.1, 0.15) is 4.90 Å². The molecule has 0 aromatic heterocycles. The van der Waals surface area contributed by atoms with Crippen LogP contribution in [0.25, 0.3) is 0 Å². The number of rotatable bonds is 3. The zero-order valence-electron chi connectivity index (χ0n) is 9.40. The van der Waals surface area contributed by atoms with Crippen LogP contribution in [0, 0.1) is 0 Å². The highest BCUT2D eigenvalue weighted by atomic mass is 79.9. The first-order valence-corrected chi connectivity index (χ1v) is 8.57. The van der Waals surface area contributed by atoms with Gasteiger partial charge in [0, 0.05) is 14.0 Å². The van der Waals surface area contributed by atoms with E-state index in [0.717, 1.165) is 0 Å². The molecule has 3 nitrogen and oxygen atoms in total. The molecule has 0 aliphatic rings. The van der Waals surface area contributed by atoms with Crippen molar-refractivity contribution in [2.45, 2.75) is 4.90 Å². The van der Waals surface area contributed by atoms with Gasteiger partial charge in [0.05, 0.1) is 5.69 Å². The molecule has 0 aliphatic heterocycles. The van der Waals surface area contributed by atoms with Crippen LogP contribution < -0.4 is 4.72 Å². The van der Waals surface area contributed by atoms with Crippen molar-refractivity contribution in [3.63, 3.8) is 0 Å². The summed E-state index contributed by atoms with van der Waals surface area (Å²) in [6.45, 7) is 0. The molecule has 0 bridgehead atoms. The molecule has 0 radical (unpaired) electrons. The van der Waals surface area contributed by atoms with E-state index >= 15 is 0 Å². The predicted octanol–water partition coefficient (Wildman–Crippen LogP) is 4.67. The van der Waals surface area contributed by atoms with Crippen LogP contribution in [0.1, 0.15) is 0 Å². The largest absolute Gasteiger partial charge is 0.278 e. The summed E-state index contributed by atoms with van der Waals surface area (Å²) in [5.74, 6) is 0. The van der Waals surface area contributed by atoms with E-state index in [4.69, 9.17) is 11.6 Å². The van der Waals surface area contributed by atoms with Gasteiger partial charge in [-0.2, -0.15) is 0 Å². The van der Waals surface area contributed by atoms with Crippen molar-refractivity contribution in [3.05, 3.63) is 56.4 Å². The molecule has 0 unspecified atom stereocenters. The second-order valence-corrected chi connectivity index (χ2v) is 7.46. The molecule has 2 aromatic rings. The van der Waals surface area contributed by atoms with E-state index < -0.39 is 10.0 Å². The highest BCUT2D eigenvalue weighted by Gasteiger charge is 2.18. The van der Waals surface area contributed by atoms with Gasteiger partial charge in [0.25, 0.3) is 10.0 Å². The van der Waals surface area contributed by atoms with Crippen LogP contribution >= 0.6 is 43.5 Å². The maximum atomic E-state index is 12.3. The smallest absolute Gasteiger partial charge is 0.263 e. The number of hydrogen-bond acceptors (Lipinski definition) is 2. The monoisotopic (exact) mass is 423 g/mol. The minimum absolute atomic E-state index is 0.168. The minimum atomic E-state index is -3.67. The standard InChI is InChI=1S/C12H8Br2ClNO2S/c13-9-6-5-8(15)7-11(9)16-19(17,18)12-4-2-1-3-10(12)14/h1-7,16H. The summed E-state index contributed by atoms with van der Waals surface area (Å²) >= 11 is 12.4. The Hall–Kier alpha value is -0.560. The van der Waals surface area contributed by atoms with Crippen LogP contribution in [-0.4, -0.2) is 8.42 Å². The number of nitrogens with one attached hydrogen (secondary N) is 1. The summed E-state index contributed by atoms with van der Waals surface area (Å²) in [6.07, 6.45) is 0. The van der Waals surface area contributed by atoms with Gasteiger partial charge in [0.2, 0.25) is 0 Å². The van der Waals surface area contributed by atoms with Crippen LogP contribution in [0.15, 0.2) is 56.3 Å². The van der Waals surface area contributed by atoms with E-state index in [-0.39, 0.29) is 4.90 Å². The molecular formula is C12H8Br2ClNO2S. The number of benzene rings is 2. The third kappa shape index (κ3) is 3.51. The van der Waals surface area contributed by atoms with Crippen LogP contribution in [0.5, 0.6) is 0 Å². The summed E-state index contributed by atoms with van der Waals surface area (Å²) in [4.78, 5) is 0.168. The Balaban J connectivity index is 2.43. The highest BCUT2D eigenvalue weighted by Crippen LogP contribution is 2.29. The first-order chi connectivity index (χ1) is 8.90. The summed E-state index contributed by atoms with van der Waals surface area (Å²) in [7, 11) is -3.67. The molecule has 19 heavy (non-hydrogen) atoms. The molecular weight excluding hydrogens is 417 g/mol. The fourth-order valence-electron chi connectivity index (χ4n) is 1.44. The molecule has 1 N–H and O–H groups in total. The number of sulfonamides is 1. The van der Waals surface area contributed by atoms with E-state index in [1.165, 1.54) is 6.07 Å². The second kappa shape index (κ2) is 5.83. The lowest BCUT2D eigenvalue weighted by molar-refractivity contribution is 0.600. The first-order valence-electron chi connectivity index (χ1n) is 5.12. The van der Waals surface area contributed by atoms with Gasteiger partial charge in [-0.15, -0.1) is 0 Å². The fourth-order valence-corrected chi connectivity index (χ4v) is 4.16. The molecule has 0 fully saturated rings. The van der Waals surface area contributed by atoms with Crippen molar-refractivity contribution in [1.29, 1.82) is 0 Å². The van der Waals surface area contributed by atoms with Crippen LogP contribution in [0.3, 0.4) is 0 Å². The summed E-state index contributed by atoms with van der Waals surface area (Å²) < 4.78 is 28.2. The van der Waals surface area contributed by atoms with E-state index in [1.807, 2.05) is 0 Å². The highest BCUT2D eigenvalue weighted by molar-refractivity contribution is 9.11. The molecule has 2 aromatic carbocycles. The third-order valence-electron chi connectivity index (χ3n) is 2.30. The van der Waals surface area contributed by atoms with Crippen LogP contribution in [0.2, 0.25) is 5.02 Å². The lowest BCUT2D eigenvalue weighted by Crippen LogP contribution is -2.13. The van der Waals surface area contributed by atoms with Gasteiger partial charge in [-0.1, -0.05) is 23.7 Å². The van der Waals surface area contributed by atoms with Crippen molar-refractivity contribution in [2.75, 3.05) is 4.72 Å². The average Bonchev–Trinajstić information content (AvgIpc) is 2.34. The number of halogens is 3. The molecule has 0 spiro atoms. The van der Waals surface area contributed by atoms with Gasteiger partial charge in [-0.05, 0) is 62.2 Å². The van der Waals surface area contributed by atoms with Gasteiger partial charge < -0.3 is 0 Å². The summed E-state index contributed by atoms with van der Waals surface area (Å²) in [5.41, 5.74) is 0.392. The number of anilines is 1. The van der Waals surface area contributed by atoms with Crippen LogP contribution in [0.4, 0.5) is 5.69 Å². The predicted molar refractivity (Wildman–Crippen MR) is 84.1 cm³/mol. The van der Waals surface area contributed by atoms with Crippen molar-refractivity contribution >= 4 is 59.2 Å². The Morgan fingerprint density at radius 1 is 1.00 bits per heavy atom. The van der Waals surface area contributed by atoms with E-state index in [1.54, 1.807) is 36.4 Å². The quantitative estimate of drug-likeness (QED) is 0.777. The van der Waals surface area contributed by atoms with Crippen molar-refractivity contribution < 1.29 is 8.42 Å². The molecule has 0 saturated heterocycles. The van der Waals surface area contributed by atoms with E-state index in [9.17, 15) is 8.42 Å². The maximum absolute atomic E-state index is 12.3. The van der Waals surface area contributed by atoms with Gasteiger partial charge in [-0.25, -0.2) is 8.42 Å². The first kappa shape index (κ1) is 14.8. The van der Waals surface area contributed by atoms with E-state index in [0.29, 0.717) is 19.7 Å². The van der Waals surface area contributed by atoms with Gasteiger partial charge >= 0.3 is 0 Å². The van der Waals surface area contributed by atoms with Crippen LogP contribution in [-0.2, 0) is 10.0 Å². The molecule has 0 heterocycles. The normalized spacial score (nSPS) is 11.3. The molecule has 0 amide bonds. The van der Waals surface area contributed by atoms with Crippen molar-refractivity contribution in [2.24, 2.45) is 0 Å². The Bertz CT molecular complexity index is 719. The zero-order chi connectivity index (χ0) is 14.0. The Morgan fingerprint density at radius 2 is 1.68 bits per heavy atom. The zero-order valence-corrected chi connectivity index (χ0v) is 14.1. The lowest BCUT2D eigenvalue weighted by atomic mass is 10.3. The summed E-state index contributed by atoms with van der Waals surface area (Å²) in [6, 6.07) is 11.5. The fraction of sp³-hybridized carbons (Fsp3) is 0. The Labute approximate surface area is 133 Å². The molecule has 0 aliphatic carbocycles. The minimum Gasteiger partial charge on any atom is -0.278 e. The molecule has 7 heteroatoms. The van der Waals surface area contributed by atoms with E-state index in [2.05, 4.69) is 36.6 Å². The lowest BCUT2D eigenvalue weighted by Gasteiger charge is -2.11. The average molecular weight is 426 g/mol. The maximum Gasteiger partial charge on any atom is 0.263 e. The third-order valence-corrected chi connectivity index (χ3v) is 5.60. The molecule has 0 saturated carbocycles. The second-order valence-electron chi connectivity index (χ2n) is 3.66. The van der Waals surface area contributed by atoms with Crippen molar-refractivity contribution in [1.82, 2.24) is 0 Å². The van der Waals surface area contributed by atoms with Gasteiger partial charge in [-0.3, -0.25) is 4.72 Å².